The van der Waals surface area contributed by atoms with E-state index in [0.717, 1.165) is 31.2 Å². The lowest BCUT2D eigenvalue weighted by molar-refractivity contribution is -0.119. The van der Waals surface area contributed by atoms with E-state index in [0.29, 0.717) is 29.9 Å². The Morgan fingerprint density at radius 3 is 2.35 bits per heavy atom. The molecule has 8 heteroatoms. The van der Waals surface area contributed by atoms with Gasteiger partial charge in [0.15, 0.2) is 6.61 Å². The van der Waals surface area contributed by atoms with Crippen LogP contribution in [0.5, 0.6) is 0 Å². The third-order valence-electron chi connectivity index (χ3n) is 5.34. The van der Waals surface area contributed by atoms with Gasteiger partial charge in [-0.2, -0.15) is 4.31 Å². The maximum atomic E-state index is 13.0. The average Bonchev–Trinajstić information content (AvgIpc) is 2.79. The van der Waals surface area contributed by atoms with Gasteiger partial charge in [-0.25, -0.2) is 13.2 Å². The number of sulfonamides is 1. The second kappa shape index (κ2) is 10.1. The first-order chi connectivity index (χ1) is 14.8. The number of esters is 1. The van der Waals surface area contributed by atoms with E-state index in [9.17, 15) is 18.0 Å². The first-order valence-corrected chi connectivity index (χ1v) is 11.9. The second-order valence-electron chi connectivity index (χ2n) is 7.62. The minimum atomic E-state index is -3.62. The number of nitrogens with one attached hydrogen (secondary N) is 1. The van der Waals surface area contributed by atoms with Crippen molar-refractivity contribution in [2.24, 2.45) is 0 Å². The van der Waals surface area contributed by atoms with Crippen LogP contribution in [-0.2, 0) is 26.0 Å². The molecule has 7 nitrogen and oxygen atoms in total. The molecule has 0 unspecified atom stereocenters. The zero-order valence-corrected chi connectivity index (χ0v) is 18.7. The van der Waals surface area contributed by atoms with Gasteiger partial charge in [-0.15, -0.1) is 0 Å². The topological polar surface area (TPSA) is 92.8 Å². The summed E-state index contributed by atoms with van der Waals surface area (Å²) in [7, 11) is -3.62. The summed E-state index contributed by atoms with van der Waals surface area (Å²) in [5.74, 6) is -1.13. The van der Waals surface area contributed by atoms with Gasteiger partial charge < -0.3 is 10.1 Å². The summed E-state index contributed by atoms with van der Waals surface area (Å²) in [6.07, 6.45) is 3.59. The molecule has 1 aliphatic heterocycles. The number of rotatable bonds is 7. The van der Waals surface area contributed by atoms with Crippen LogP contribution in [0.3, 0.4) is 0 Å². The van der Waals surface area contributed by atoms with Crippen LogP contribution in [0.15, 0.2) is 47.4 Å². The summed E-state index contributed by atoms with van der Waals surface area (Å²) in [5.41, 5.74) is 2.43. The lowest BCUT2D eigenvalue weighted by Crippen LogP contribution is -2.36. The van der Waals surface area contributed by atoms with E-state index in [-0.39, 0.29) is 4.90 Å². The Hall–Kier alpha value is -2.71. The number of amides is 1. The fraction of sp³-hybridized carbons (Fsp3) is 0.391. The molecule has 0 aliphatic carbocycles. The molecule has 0 spiro atoms. The van der Waals surface area contributed by atoms with Crippen LogP contribution in [0.1, 0.15) is 47.7 Å². The number of aryl methyl sites for hydroxylation is 2. The van der Waals surface area contributed by atoms with E-state index >= 15 is 0 Å². The standard InChI is InChI=1S/C23H28N2O5S/c1-3-18-8-10-19(11-9-18)23(27)30-16-22(26)24-20-12-7-17(2)21(15-20)31(28,29)25-13-5-4-6-14-25/h7-12,15H,3-6,13-14,16H2,1-2H3,(H,24,26). The van der Waals surface area contributed by atoms with Gasteiger partial charge in [-0.05, 0) is 61.6 Å². The zero-order chi connectivity index (χ0) is 22.4. The summed E-state index contributed by atoms with van der Waals surface area (Å²) in [6.45, 7) is 4.30. The van der Waals surface area contributed by atoms with Crippen LogP contribution >= 0.6 is 0 Å². The number of nitrogens with zero attached hydrogens (tertiary/aromatic N) is 1. The van der Waals surface area contributed by atoms with E-state index in [2.05, 4.69) is 5.32 Å². The molecule has 1 N–H and O–H groups in total. The molecule has 1 aliphatic rings. The highest BCUT2D eigenvalue weighted by molar-refractivity contribution is 7.89. The van der Waals surface area contributed by atoms with E-state index in [1.807, 2.05) is 19.1 Å². The SMILES string of the molecule is CCc1ccc(C(=O)OCC(=O)Nc2ccc(C)c(S(=O)(=O)N3CCCCC3)c2)cc1. The first-order valence-electron chi connectivity index (χ1n) is 10.5. The smallest absolute Gasteiger partial charge is 0.338 e. The van der Waals surface area contributed by atoms with Gasteiger partial charge in [-0.1, -0.05) is 31.5 Å². The van der Waals surface area contributed by atoms with Gasteiger partial charge in [0, 0.05) is 18.8 Å². The van der Waals surface area contributed by atoms with Crippen molar-refractivity contribution >= 4 is 27.6 Å². The normalized spacial score (nSPS) is 14.8. The lowest BCUT2D eigenvalue weighted by atomic mass is 10.1. The fourth-order valence-electron chi connectivity index (χ4n) is 3.49. The van der Waals surface area contributed by atoms with Crippen molar-refractivity contribution < 1.29 is 22.7 Å². The molecule has 31 heavy (non-hydrogen) atoms. The number of anilines is 1. The highest BCUT2D eigenvalue weighted by atomic mass is 32.2. The predicted molar refractivity (Wildman–Crippen MR) is 119 cm³/mol. The molecule has 0 aromatic heterocycles. The van der Waals surface area contributed by atoms with Crippen molar-refractivity contribution in [3.63, 3.8) is 0 Å². The number of benzene rings is 2. The monoisotopic (exact) mass is 444 g/mol. The minimum Gasteiger partial charge on any atom is -0.452 e. The van der Waals surface area contributed by atoms with Gasteiger partial charge in [0.25, 0.3) is 5.91 Å². The van der Waals surface area contributed by atoms with E-state index in [1.165, 1.54) is 10.4 Å². The van der Waals surface area contributed by atoms with E-state index in [4.69, 9.17) is 4.74 Å². The summed E-state index contributed by atoms with van der Waals surface area (Å²) in [5, 5.41) is 2.61. The Bertz CT molecular complexity index is 1040. The molecule has 0 saturated carbocycles. The molecule has 1 saturated heterocycles. The van der Waals surface area contributed by atoms with Crippen molar-refractivity contribution in [2.75, 3.05) is 25.0 Å². The molecular weight excluding hydrogens is 416 g/mol. The molecule has 2 aromatic carbocycles. The van der Waals surface area contributed by atoms with Gasteiger partial charge in [0.05, 0.1) is 10.5 Å². The maximum Gasteiger partial charge on any atom is 0.338 e. The maximum absolute atomic E-state index is 13.0. The molecule has 1 amide bonds. The highest BCUT2D eigenvalue weighted by Gasteiger charge is 2.27. The molecular formula is C23H28N2O5S. The van der Waals surface area contributed by atoms with Crippen molar-refractivity contribution in [3.05, 3.63) is 59.2 Å². The number of ether oxygens (including phenoxy) is 1. The molecule has 0 radical (unpaired) electrons. The summed E-state index contributed by atoms with van der Waals surface area (Å²) >= 11 is 0. The number of hydrogen-bond acceptors (Lipinski definition) is 5. The summed E-state index contributed by atoms with van der Waals surface area (Å²) < 4.78 is 32.6. The van der Waals surface area contributed by atoms with Crippen molar-refractivity contribution in [3.8, 4) is 0 Å². The molecule has 0 atom stereocenters. The number of carbonyl (C=O) groups excluding carboxylic acids is 2. The third-order valence-corrected chi connectivity index (χ3v) is 7.38. The Balaban J connectivity index is 1.63. The average molecular weight is 445 g/mol. The fourth-order valence-corrected chi connectivity index (χ4v) is 5.26. The van der Waals surface area contributed by atoms with Crippen LogP contribution in [0.25, 0.3) is 0 Å². The summed E-state index contributed by atoms with van der Waals surface area (Å²) in [6, 6.07) is 11.8. The van der Waals surface area contributed by atoms with Crippen molar-refractivity contribution in [2.45, 2.75) is 44.4 Å². The Labute approximate surface area is 183 Å². The molecule has 2 aromatic rings. The zero-order valence-electron chi connectivity index (χ0n) is 17.9. The van der Waals surface area contributed by atoms with Gasteiger partial charge >= 0.3 is 5.97 Å². The Morgan fingerprint density at radius 2 is 1.71 bits per heavy atom. The number of carbonyl (C=O) groups is 2. The van der Waals surface area contributed by atoms with Gasteiger partial charge in [0.2, 0.25) is 10.0 Å². The first kappa shape index (κ1) is 23.0. The Kier molecular flexibility index (Phi) is 7.46. The molecule has 3 rings (SSSR count). The van der Waals surface area contributed by atoms with Crippen molar-refractivity contribution in [1.29, 1.82) is 0 Å². The van der Waals surface area contributed by atoms with Crippen molar-refractivity contribution in [1.82, 2.24) is 4.31 Å². The molecule has 1 heterocycles. The molecule has 0 bridgehead atoms. The predicted octanol–water partition coefficient (Wildman–Crippen LogP) is 3.53. The van der Waals surface area contributed by atoms with Crippen LogP contribution in [0, 0.1) is 6.92 Å². The van der Waals surface area contributed by atoms with Crippen LogP contribution in [-0.4, -0.2) is 44.3 Å². The molecule has 166 valence electrons. The number of piperidine rings is 1. The Morgan fingerprint density at radius 1 is 1.03 bits per heavy atom. The minimum absolute atomic E-state index is 0.181. The van der Waals surface area contributed by atoms with E-state index in [1.54, 1.807) is 31.2 Å². The lowest BCUT2D eigenvalue weighted by Gasteiger charge is -2.26. The van der Waals surface area contributed by atoms with Crippen LogP contribution in [0.4, 0.5) is 5.69 Å². The molecule has 1 fully saturated rings. The number of hydrogen-bond donors (Lipinski definition) is 1. The quantitative estimate of drug-likeness (QED) is 0.660. The largest absolute Gasteiger partial charge is 0.452 e. The second-order valence-corrected chi connectivity index (χ2v) is 9.53. The van der Waals surface area contributed by atoms with Gasteiger partial charge in [-0.3, -0.25) is 4.79 Å². The van der Waals surface area contributed by atoms with Crippen LogP contribution < -0.4 is 5.32 Å². The van der Waals surface area contributed by atoms with Crippen LogP contribution in [0.2, 0.25) is 0 Å². The van der Waals surface area contributed by atoms with E-state index < -0.39 is 28.5 Å². The third kappa shape index (κ3) is 5.71. The van der Waals surface area contributed by atoms with Gasteiger partial charge in [0.1, 0.15) is 0 Å². The summed E-state index contributed by atoms with van der Waals surface area (Å²) in [4.78, 5) is 24.5. The highest BCUT2D eigenvalue weighted by Crippen LogP contribution is 2.26.